The summed E-state index contributed by atoms with van der Waals surface area (Å²) in [5, 5.41) is 3.37. The van der Waals surface area contributed by atoms with E-state index in [2.05, 4.69) is 5.32 Å². The molecule has 5 nitrogen and oxygen atoms in total. The number of methoxy groups -OCH3 is 1. The Balaban J connectivity index is 1.50. The van der Waals surface area contributed by atoms with Crippen LogP contribution in [0.2, 0.25) is 0 Å². The highest BCUT2D eigenvalue weighted by atomic mass is 16.7. The highest BCUT2D eigenvalue weighted by Crippen LogP contribution is 2.38. The van der Waals surface area contributed by atoms with Gasteiger partial charge >= 0.3 is 0 Å². The monoisotopic (exact) mass is 263 g/mol. The van der Waals surface area contributed by atoms with Crippen LogP contribution < -0.4 is 5.32 Å². The third-order valence-electron chi connectivity index (χ3n) is 3.98. The number of benzene rings is 1. The first-order valence-corrected chi connectivity index (χ1v) is 6.63. The van der Waals surface area contributed by atoms with Gasteiger partial charge in [0, 0.05) is 12.7 Å². The third-order valence-corrected chi connectivity index (χ3v) is 3.98. The largest absolute Gasteiger partial charge is 0.354 e. The molecule has 0 aromatic heterocycles. The molecule has 3 aliphatic heterocycles. The van der Waals surface area contributed by atoms with Crippen molar-refractivity contribution in [1.82, 2.24) is 5.32 Å². The number of hydrogen-bond acceptors (Lipinski definition) is 5. The highest BCUT2D eigenvalue weighted by molar-refractivity contribution is 5.18. The normalized spacial score (nSPS) is 44.3. The van der Waals surface area contributed by atoms with Gasteiger partial charge in [0.15, 0.2) is 12.6 Å². The standard InChI is InChI=1S/C14H17NO4/c1-16-14-11-10(15-11)12-9(18-14)7-17-13(19-12)8-5-3-2-4-6-8/h2-6,9-15H,7H2,1H3/t9-,10+,11-,12-,13-,14+/m1/s1. The number of hydrogen-bond donors (Lipinski definition) is 1. The van der Waals surface area contributed by atoms with E-state index in [1.54, 1.807) is 7.11 Å². The van der Waals surface area contributed by atoms with Gasteiger partial charge in [0.1, 0.15) is 12.2 Å². The molecule has 4 rings (SSSR count). The van der Waals surface area contributed by atoms with E-state index in [0.717, 1.165) is 5.56 Å². The Morgan fingerprint density at radius 1 is 1.16 bits per heavy atom. The summed E-state index contributed by atoms with van der Waals surface area (Å²) in [7, 11) is 1.67. The summed E-state index contributed by atoms with van der Waals surface area (Å²) in [5.74, 6) is 0. The molecule has 19 heavy (non-hydrogen) atoms. The molecule has 6 atom stereocenters. The first-order chi connectivity index (χ1) is 9.36. The lowest BCUT2D eigenvalue weighted by Crippen LogP contribution is -2.52. The van der Waals surface area contributed by atoms with Crippen LogP contribution in [0.4, 0.5) is 0 Å². The Kier molecular flexibility index (Phi) is 2.82. The summed E-state index contributed by atoms with van der Waals surface area (Å²) in [4.78, 5) is 0. The zero-order valence-corrected chi connectivity index (χ0v) is 10.7. The Labute approximate surface area is 111 Å². The summed E-state index contributed by atoms with van der Waals surface area (Å²) < 4.78 is 23.0. The number of nitrogens with one attached hydrogen (secondary N) is 1. The van der Waals surface area contributed by atoms with Crippen LogP contribution in [-0.2, 0) is 18.9 Å². The summed E-state index contributed by atoms with van der Waals surface area (Å²) in [5.41, 5.74) is 1.05. The summed E-state index contributed by atoms with van der Waals surface area (Å²) >= 11 is 0. The molecule has 102 valence electrons. The maximum Gasteiger partial charge on any atom is 0.184 e. The van der Waals surface area contributed by atoms with Crippen LogP contribution in [-0.4, -0.2) is 44.3 Å². The van der Waals surface area contributed by atoms with Gasteiger partial charge in [-0.3, -0.25) is 0 Å². The van der Waals surface area contributed by atoms with Gasteiger partial charge in [0.2, 0.25) is 0 Å². The van der Waals surface area contributed by atoms with Gasteiger partial charge in [-0.1, -0.05) is 30.3 Å². The topological polar surface area (TPSA) is 58.9 Å². The first kappa shape index (κ1) is 11.8. The first-order valence-electron chi connectivity index (χ1n) is 6.63. The van der Waals surface area contributed by atoms with Crippen LogP contribution in [0, 0.1) is 0 Å². The molecule has 3 fully saturated rings. The van der Waals surface area contributed by atoms with Gasteiger partial charge in [-0.05, 0) is 0 Å². The lowest BCUT2D eigenvalue weighted by molar-refractivity contribution is -0.304. The van der Waals surface area contributed by atoms with Gasteiger partial charge in [0.05, 0.1) is 18.7 Å². The second-order valence-electron chi connectivity index (χ2n) is 5.17. The van der Waals surface area contributed by atoms with E-state index < -0.39 is 0 Å². The minimum Gasteiger partial charge on any atom is -0.354 e. The molecule has 3 heterocycles. The zero-order valence-electron chi connectivity index (χ0n) is 10.7. The minimum absolute atomic E-state index is 0.0374. The van der Waals surface area contributed by atoms with E-state index in [4.69, 9.17) is 18.9 Å². The second-order valence-corrected chi connectivity index (χ2v) is 5.17. The Morgan fingerprint density at radius 2 is 2.00 bits per heavy atom. The number of ether oxygens (including phenoxy) is 4. The van der Waals surface area contributed by atoms with Crippen molar-refractivity contribution in [1.29, 1.82) is 0 Å². The third kappa shape index (κ3) is 1.98. The van der Waals surface area contributed by atoms with Crippen LogP contribution in [0.5, 0.6) is 0 Å². The van der Waals surface area contributed by atoms with Crippen molar-refractivity contribution in [3.63, 3.8) is 0 Å². The van der Waals surface area contributed by atoms with E-state index in [-0.39, 0.29) is 30.8 Å². The molecule has 3 aliphatic rings. The van der Waals surface area contributed by atoms with Crippen molar-refractivity contribution in [3.05, 3.63) is 35.9 Å². The van der Waals surface area contributed by atoms with Gasteiger partial charge < -0.3 is 24.3 Å². The molecule has 1 aromatic carbocycles. The SMILES string of the molecule is CO[C@H]1O[C@@H]2CO[C@@H](c3ccccc3)O[C@H]2[C@H]2N[C@@H]12. The molecule has 1 aromatic rings. The second kappa shape index (κ2) is 4.54. The predicted molar refractivity (Wildman–Crippen MR) is 66.4 cm³/mol. The summed E-state index contributed by atoms with van der Waals surface area (Å²) in [6.45, 7) is 0.537. The molecular formula is C14H17NO4. The molecule has 0 aliphatic carbocycles. The predicted octanol–water partition coefficient (Wildman–Crippen LogP) is 0.812. The molecule has 1 N–H and O–H groups in total. The molecule has 0 amide bonds. The number of fused-ring (bicyclic) bond motifs is 3. The van der Waals surface area contributed by atoms with Crippen LogP contribution in [0.25, 0.3) is 0 Å². The molecular weight excluding hydrogens is 246 g/mol. The Morgan fingerprint density at radius 3 is 2.79 bits per heavy atom. The maximum atomic E-state index is 6.06. The van der Waals surface area contributed by atoms with E-state index >= 15 is 0 Å². The quantitative estimate of drug-likeness (QED) is 0.800. The van der Waals surface area contributed by atoms with E-state index in [9.17, 15) is 0 Å². The van der Waals surface area contributed by atoms with Crippen LogP contribution in [0.1, 0.15) is 11.9 Å². The Hall–Kier alpha value is -0.980. The molecule has 0 spiro atoms. The summed E-state index contributed by atoms with van der Waals surface area (Å²) in [6, 6.07) is 10.6. The van der Waals surface area contributed by atoms with Crippen LogP contribution in [0.15, 0.2) is 30.3 Å². The molecule has 3 saturated heterocycles. The van der Waals surface area contributed by atoms with Gasteiger partial charge in [-0.2, -0.15) is 0 Å². The van der Waals surface area contributed by atoms with Crippen LogP contribution in [0.3, 0.4) is 0 Å². The van der Waals surface area contributed by atoms with E-state index in [0.29, 0.717) is 12.6 Å². The molecule has 5 heteroatoms. The van der Waals surface area contributed by atoms with Crippen LogP contribution >= 0.6 is 0 Å². The van der Waals surface area contributed by atoms with Gasteiger partial charge in [-0.25, -0.2) is 0 Å². The van der Waals surface area contributed by atoms with Crippen molar-refractivity contribution >= 4 is 0 Å². The highest BCUT2D eigenvalue weighted by Gasteiger charge is 2.58. The molecule has 0 radical (unpaired) electrons. The van der Waals surface area contributed by atoms with Gasteiger partial charge in [-0.15, -0.1) is 0 Å². The van der Waals surface area contributed by atoms with E-state index in [1.807, 2.05) is 30.3 Å². The average molecular weight is 263 g/mol. The maximum absolute atomic E-state index is 6.06. The number of rotatable bonds is 2. The fraction of sp³-hybridized carbons (Fsp3) is 0.571. The lowest BCUT2D eigenvalue weighted by atomic mass is 10.0. The zero-order chi connectivity index (χ0) is 12.8. The van der Waals surface area contributed by atoms with Crippen molar-refractivity contribution in [2.75, 3.05) is 13.7 Å². The fourth-order valence-electron chi connectivity index (χ4n) is 2.94. The van der Waals surface area contributed by atoms with E-state index in [1.165, 1.54) is 0 Å². The fourth-order valence-corrected chi connectivity index (χ4v) is 2.94. The minimum atomic E-state index is -0.298. The molecule has 0 unspecified atom stereocenters. The van der Waals surface area contributed by atoms with Crippen molar-refractivity contribution in [2.24, 2.45) is 0 Å². The molecule has 0 bridgehead atoms. The van der Waals surface area contributed by atoms with Crippen molar-refractivity contribution in [3.8, 4) is 0 Å². The molecule has 0 saturated carbocycles. The van der Waals surface area contributed by atoms with Gasteiger partial charge in [0.25, 0.3) is 0 Å². The Bertz CT molecular complexity index is 454. The smallest absolute Gasteiger partial charge is 0.184 e. The lowest BCUT2D eigenvalue weighted by Gasteiger charge is -2.40. The average Bonchev–Trinajstić information content (AvgIpc) is 3.27. The van der Waals surface area contributed by atoms with Crippen molar-refractivity contribution < 1.29 is 18.9 Å². The van der Waals surface area contributed by atoms with Crippen molar-refractivity contribution in [2.45, 2.75) is 36.9 Å². The summed E-state index contributed by atoms with van der Waals surface area (Å²) in [6.07, 6.45) is -0.503.